The second-order valence-electron chi connectivity index (χ2n) is 6.52. The normalized spacial score (nSPS) is 32.5. The van der Waals surface area contributed by atoms with Gasteiger partial charge in [-0.15, -0.1) is 0 Å². The monoisotopic (exact) mass is 366 g/mol. The summed E-state index contributed by atoms with van der Waals surface area (Å²) in [7, 11) is 1.35. The van der Waals surface area contributed by atoms with Crippen molar-refractivity contribution in [2.75, 3.05) is 20.3 Å². The summed E-state index contributed by atoms with van der Waals surface area (Å²) in [5.74, 6) is -0.340. The van der Waals surface area contributed by atoms with Crippen LogP contribution in [0.4, 0.5) is 0 Å². The van der Waals surface area contributed by atoms with E-state index in [1.807, 2.05) is 37.3 Å². The van der Waals surface area contributed by atoms with E-state index in [-0.39, 0.29) is 31.2 Å². The molecule has 7 heteroatoms. The van der Waals surface area contributed by atoms with Crippen LogP contribution in [0.3, 0.4) is 0 Å². The minimum Gasteiger partial charge on any atom is -0.469 e. The zero-order valence-electron chi connectivity index (χ0n) is 15.1. The molecule has 0 bridgehead atoms. The summed E-state index contributed by atoms with van der Waals surface area (Å²) in [5.41, 5.74) is 0.887. The van der Waals surface area contributed by atoms with Crippen LogP contribution < -0.4 is 0 Å². The van der Waals surface area contributed by atoms with E-state index in [4.69, 9.17) is 23.7 Å². The maximum Gasteiger partial charge on any atom is 0.308 e. The molecule has 0 aliphatic carbocycles. The van der Waals surface area contributed by atoms with Gasteiger partial charge < -0.3 is 28.8 Å². The van der Waals surface area contributed by atoms with E-state index in [0.29, 0.717) is 13.0 Å². The van der Waals surface area contributed by atoms with E-state index in [1.54, 1.807) is 0 Å². The van der Waals surface area contributed by atoms with Crippen LogP contribution >= 0.6 is 0 Å². The molecular formula is C19H26O7. The fraction of sp³-hybridized carbons (Fsp3) is 0.632. The fourth-order valence-corrected chi connectivity index (χ4v) is 3.23. The quantitative estimate of drug-likeness (QED) is 0.766. The Morgan fingerprint density at radius 3 is 2.73 bits per heavy atom. The molecule has 26 heavy (non-hydrogen) atoms. The van der Waals surface area contributed by atoms with E-state index in [9.17, 15) is 9.90 Å². The Hall–Kier alpha value is -1.51. The molecule has 0 radical (unpaired) electrons. The zero-order valence-corrected chi connectivity index (χ0v) is 15.1. The summed E-state index contributed by atoms with van der Waals surface area (Å²) in [4.78, 5) is 11.5. The molecule has 2 saturated heterocycles. The van der Waals surface area contributed by atoms with E-state index in [1.165, 1.54) is 7.11 Å². The van der Waals surface area contributed by atoms with Gasteiger partial charge in [-0.2, -0.15) is 0 Å². The molecule has 6 unspecified atom stereocenters. The minimum absolute atomic E-state index is 0.140. The Bertz CT molecular complexity index is 579. The van der Waals surface area contributed by atoms with Crippen LogP contribution in [0.5, 0.6) is 0 Å². The third kappa shape index (κ3) is 4.42. The van der Waals surface area contributed by atoms with Crippen LogP contribution in [0.2, 0.25) is 0 Å². The Labute approximate surface area is 153 Å². The molecule has 6 atom stereocenters. The van der Waals surface area contributed by atoms with Crippen molar-refractivity contribution in [3.05, 3.63) is 35.9 Å². The summed E-state index contributed by atoms with van der Waals surface area (Å²) in [5, 5.41) is 10.8. The summed E-state index contributed by atoms with van der Waals surface area (Å²) >= 11 is 0. The molecule has 2 aliphatic rings. The molecule has 1 N–H and O–H groups in total. The highest BCUT2D eigenvalue weighted by Crippen LogP contribution is 2.33. The van der Waals surface area contributed by atoms with Crippen molar-refractivity contribution in [1.29, 1.82) is 0 Å². The second kappa shape index (κ2) is 8.92. The van der Waals surface area contributed by atoms with Crippen LogP contribution in [0.1, 0.15) is 31.6 Å². The second-order valence-corrected chi connectivity index (χ2v) is 6.52. The Balaban J connectivity index is 1.63. The van der Waals surface area contributed by atoms with Crippen molar-refractivity contribution in [3.63, 3.8) is 0 Å². The Kier molecular flexibility index (Phi) is 6.61. The van der Waals surface area contributed by atoms with Gasteiger partial charge in [0.1, 0.15) is 24.4 Å². The number of esters is 1. The van der Waals surface area contributed by atoms with Gasteiger partial charge in [0.15, 0.2) is 6.29 Å². The van der Waals surface area contributed by atoms with Crippen molar-refractivity contribution in [3.8, 4) is 0 Å². The average molecular weight is 366 g/mol. The lowest BCUT2D eigenvalue weighted by Gasteiger charge is -2.45. The van der Waals surface area contributed by atoms with Crippen molar-refractivity contribution in [2.45, 2.75) is 56.6 Å². The summed E-state index contributed by atoms with van der Waals surface area (Å²) in [6.07, 6.45) is -2.45. The molecule has 3 rings (SSSR count). The van der Waals surface area contributed by atoms with Gasteiger partial charge in [0.25, 0.3) is 0 Å². The van der Waals surface area contributed by atoms with Gasteiger partial charge in [-0.05, 0) is 6.42 Å². The lowest BCUT2D eigenvalue weighted by molar-refractivity contribution is -0.320. The largest absolute Gasteiger partial charge is 0.469 e. The molecule has 0 aromatic heterocycles. The molecule has 0 saturated carbocycles. The number of rotatable bonds is 6. The molecule has 2 aliphatic heterocycles. The van der Waals surface area contributed by atoms with Crippen molar-refractivity contribution < 1.29 is 33.6 Å². The standard InChI is InChI=1S/C19H26O7/c1-3-13(9-16(20)22-2)25-14-10-23-15-11-24-19(26-18(15)17(14)21)12-7-5-4-6-8-12/h4-8,13-15,17-19,21H,3,9-11H2,1-2H3. The van der Waals surface area contributed by atoms with Gasteiger partial charge in [0, 0.05) is 5.56 Å². The highest BCUT2D eigenvalue weighted by Gasteiger charge is 2.46. The summed E-state index contributed by atoms with van der Waals surface area (Å²) in [6, 6.07) is 9.57. The van der Waals surface area contributed by atoms with Gasteiger partial charge in [0.05, 0.1) is 32.8 Å². The first-order chi connectivity index (χ1) is 12.6. The summed E-state index contributed by atoms with van der Waals surface area (Å²) in [6.45, 7) is 2.49. The number of aliphatic hydroxyl groups is 1. The van der Waals surface area contributed by atoms with Gasteiger partial charge >= 0.3 is 5.97 Å². The summed E-state index contributed by atoms with van der Waals surface area (Å²) < 4.78 is 28.1. The third-order valence-electron chi connectivity index (χ3n) is 4.77. The van der Waals surface area contributed by atoms with Gasteiger partial charge in [-0.25, -0.2) is 0 Å². The first-order valence-corrected chi connectivity index (χ1v) is 8.96. The van der Waals surface area contributed by atoms with Crippen LogP contribution in [-0.4, -0.2) is 61.9 Å². The van der Waals surface area contributed by atoms with Crippen LogP contribution in [-0.2, 0) is 28.5 Å². The highest BCUT2D eigenvalue weighted by atomic mass is 16.7. The zero-order chi connectivity index (χ0) is 18.5. The number of aliphatic hydroxyl groups excluding tert-OH is 1. The Morgan fingerprint density at radius 1 is 1.27 bits per heavy atom. The number of fused-ring (bicyclic) bond motifs is 1. The molecule has 7 nitrogen and oxygen atoms in total. The number of methoxy groups -OCH3 is 1. The van der Waals surface area contributed by atoms with Crippen LogP contribution in [0.25, 0.3) is 0 Å². The highest BCUT2D eigenvalue weighted by molar-refractivity contribution is 5.69. The minimum atomic E-state index is -0.865. The van der Waals surface area contributed by atoms with E-state index in [2.05, 4.69) is 0 Å². The SMILES string of the molecule is CCC(CC(=O)OC)OC1COC2COC(c3ccccc3)OC2C1O. The Morgan fingerprint density at radius 2 is 2.04 bits per heavy atom. The maximum atomic E-state index is 11.5. The number of hydrogen-bond acceptors (Lipinski definition) is 7. The van der Waals surface area contributed by atoms with Crippen molar-refractivity contribution in [2.24, 2.45) is 0 Å². The van der Waals surface area contributed by atoms with Gasteiger partial charge in [-0.1, -0.05) is 37.3 Å². The number of ether oxygens (including phenoxy) is 5. The van der Waals surface area contributed by atoms with Crippen molar-refractivity contribution >= 4 is 5.97 Å². The van der Waals surface area contributed by atoms with E-state index >= 15 is 0 Å². The topological polar surface area (TPSA) is 83.5 Å². The van der Waals surface area contributed by atoms with Crippen LogP contribution in [0.15, 0.2) is 30.3 Å². The van der Waals surface area contributed by atoms with Crippen molar-refractivity contribution in [1.82, 2.24) is 0 Å². The van der Waals surface area contributed by atoms with Gasteiger partial charge in [-0.3, -0.25) is 4.79 Å². The molecule has 1 aromatic rings. The lowest BCUT2D eigenvalue weighted by Crippen LogP contribution is -2.59. The fourth-order valence-electron chi connectivity index (χ4n) is 3.23. The lowest BCUT2D eigenvalue weighted by atomic mass is 9.98. The van der Waals surface area contributed by atoms with Crippen LogP contribution in [0, 0.1) is 0 Å². The number of hydrogen-bond donors (Lipinski definition) is 1. The molecule has 144 valence electrons. The molecule has 1 aromatic carbocycles. The van der Waals surface area contributed by atoms with E-state index < -0.39 is 24.6 Å². The first-order valence-electron chi connectivity index (χ1n) is 8.96. The number of carbonyl (C=O) groups excluding carboxylic acids is 1. The molecule has 0 amide bonds. The third-order valence-corrected chi connectivity index (χ3v) is 4.77. The average Bonchev–Trinajstić information content (AvgIpc) is 2.69. The predicted molar refractivity (Wildman–Crippen MR) is 91.3 cm³/mol. The molecule has 0 spiro atoms. The molecule has 2 fully saturated rings. The smallest absolute Gasteiger partial charge is 0.308 e. The number of carbonyl (C=O) groups is 1. The van der Waals surface area contributed by atoms with E-state index in [0.717, 1.165) is 5.56 Å². The molecule has 2 heterocycles. The van der Waals surface area contributed by atoms with Gasteiger partial charge in [0.2, 0.25) is 0 Å². The number of benzene rings is 1. The predicted octanol–water partition coefficient (Wildman–Crippen LogP) is 1.59. The molecular weight excluding hydrogens is 340 g/mol. The maximum absolute atomic E-state index is 11.5. The first kappa shape index (κ1) is 19.3.